The molecule has 9 heteroatoms. The average Bonchev–Trinajstić information content (AvgIpc) is 3.29. The van der Waals surface area contributed by atoms with Crippen molar-refractivity contribution in [3.63, 3.8) is 0 Å². The van der Waals surface area contributed by atoms with Crippen molar-refractivity contribution in [3.8, 4) is 11.4 Å². The molecule has 172 valence electrons. The molecule has 0 aliphatic carbocycles. The molecule has 2 N–H and O–H groups in total. The molecule has 1 saturated heterocycles. The number of ether oxygens (including phenoxy) is 1. The molecule has 0 bridgehead atoms. The zero-order valence-electron chi connectivity index (χ0n) is 18.6. The second kappa shape index (κ2) is 9.41. The number of aryl methyl sites for hydroxylation is 1. The number of aromatic hydroxyl groups is 1. The second-order valence-corrected chi connectivity index (χ2v) is 8.76. The lowest BCUT2D eigenvalue weighted by molar-refractivity contribution is -0.140. The number of nitrogens with one attached hydrogen (secondary N) is 1. The number of halogens is 1. The summed E-state index contributed by atoms with van der Waals surface area (Å²) < 4.78 is 6.82. The van der Waals surface area contributed by atoms with E-state index in [1.807, 2.05) is 41.5 Å². The summed E-state index contributed by atoms with van der Waals surface area (Å²) in [4.78, 5) is 18.4. The molecule has 0 radical (unpaired) electrons. The first kappa shape index (κ1) is 23.1. The number of methoxy groups -OCH3 is 1. The normalized spacial score (nSPS) is 17.8. The zero-order chi connectivity index (χ0) is 23.7. The summed E-state index contributed by atoms with van der Waals surface area (Å²) in [6, 6.07) is 12.4. The van der Waals surface area contributed by atoms with E-state index in [0.717, 1.165) is 22.6 Å². The van der Waals surface area contributed by atoms with E-state index in [0.29, 0.717) is 22.4 Å². The number of esters is 1. The monoisotopic (exact) mass is 484 g/mol. The minimum Gasteiger partial charge on any atom is -0.506 e. The van der Waals surface area contributed by atoms with Crippen LogP contribution in [0.25, 0.3) is 5.69 Å². The number of hydrogen-bond acceptors (Lipinski definition) is 5. The fourth-order valence-electron chi connectivity index (χ4n) is 4.43. The number of thiocarbonyl (C=S) groups is 1. The Hall–Kier alpha value is -3.10. The minimum absolute atomic E-state index is 0.136. The molecule has 1 aliphatic heterocycles. The number of nitrogens with zero attached hydrogens (tertiary/aromatic N) is 3. The van der Waals surface area contributed by atoms with Gasteiger partial charge in [0.2, 0.25) is 0 Å². The molecule has 4 rings (SSSR count). The van der Waals surface area contributed by atoms with Crippen molar-refractivity contribution in [3.05, 3.63) is 76.3 Å². The van der Waals surface area contributed by atoms with E-state index >= 15 is 0 Å². The van der Waals surface area contributed by atoms with Gasteiger partial charge in [-0.2, -0.15) is 0 Å². The van der Waals surface area contributed by atoms with Crippen LogP contribution in [0.15, 0.2) is 48.7 Å². The molecule has 3 aromatic rings. The van der Waals surface area contributed by atoms with Gasteiger partial charge in [-0.25, -0.2) is 0 Å². The first-order valence-electron chi connectivity index (χ1n) is 10.5. The summed E-state index contributed by atoms with van der Waals surface area (Å²) in [6.45, 7) is 4.38. The molecule has 1 aliphatic rings. The van der Waals surface area contributed by atoms with Gasteiger partial charge in [-0.15, -0.1) is 0 Å². The third-order valence-electron chi connectivity index (χ3n) is 5.95. The summed E-state index contributed by atoms with van der Waals surface area (Å²) in [5, 5.41) is 15.0. The molecule has 1 fully saturated rings. The van der Waals surface area contributed by atoms with Gasteiger partial charge in [0.05, 0.1) is 37.0 Å². The van der Waals surface area contributed by atoms with Crippen molar-refractivity contribution < 1.29 is 14.6 Å². The van der Waals surface area contributed by atoms with Gasteiger partial charge < -0.3 is 24.6 Å². The first-order valence-corrected chi connectivity index (χ1v) is 11.3. The highest BCUT2D eigenvalue weighted by Crippen LogP contribution is 2.42. The molecule has 2 aromatic heterocycles. The Kier molecular flexibility index (Phi) is 6.58. The highest BCUT2D eigenvalue weighted by Gasteiger charge is 2.41. The molecule has 0 unspecified atom stereocenters. The Morgan fingerprint density at radius 2 is 2.06 bits per heavy atom. The number of rotatable bonds is 6. The number of carbonyl (C=O) groups is 1. The first-order chi connectivity index (χ1) is 15.8. The Morgan fingerprint density at radius 3 is 2.76 bits per heavy atom. The molecule has 0 saturated carbocycles. The summed E-state index contributed by atoms with van der Waals surface area (Å²) >= 11 is 11.9. The van der Waals surface area contributed by atoms with Crippen molar-refractivity contribution in [2.75, 3.05) is 13.7 Å². The fourth-order valence-corrected chi connectivity index (χ4v) is 4.93. The van der Waals surface area contributed by atoms with Crippen LogP contribution >= 0.6 is 23.8 Å². The van der Waals surface area contributed by atoms with Crippen LogP contribution in [-0.2, 0) is 9.53 Å². The van der Waals surface area contributed by atoms with E-state index in [-0.39, 0.29) is 30.2 Å². The third kappa shape index (κ3) is 4.41. The Labute approximate surface area is 203 Å². The largest absolute Gasteiger partial charge is 0.506 e. The summed E-state index contributed by atoms with van der Waals surface area (Å²) in [6.07, 6.45) is 1.96. The lowest BCUT2D eigenvalue weighted by Crippen LogP contribution is -2.32. The number of hydrogen-bond donors (Lipinski definition) is 2. The quantitative estimate of drug-likeness (QED) is 0.397. The number of phenols is 1. The molecule has 2 atom stereocenters. The summed E-state index contributed by atoms with van der Waals surface area (Å²) in [7, 11) is 1.38. The molecule has 7 nitrogen and oxygen atoms in total. The maximum Gasteiger partial charge on any atom is 0.307 e. The van der Waals surface area contributed by atoms with Crippen LogP contribution < -0.4 is 5.32 Å². The molecular weight excluding hydrogens is 460 g/mol. The molecule has 3 heterocycles. The van der Waals surface area contributed by atoms with Crippen molar-refractivity contribution >= 4 is 34.9 Å². The smallest absolute Gasteiger partial charge is 0.307 e. The maximum absolute atomic E-state index is 11.9. The maximum atomic E-state index is 11.9. The van der Waals surface area contributed by atoms with Crippen LogP contribution in [0.3, 0.4) is 0 Å². The fraction of sp³-hybridized carbons (Fsp3) is 0.292. The van der Waals surface area contributed by atoms with Gasteiger partial charge in [0, 0.05) is 29.2 Å². The van der Waals surface area contributed by atoms with Gasteiger partial charge in [0.25, 0.3) is 0 Å². The number of benzene rings is 1. The highest BCUT2D eigenvalue weighted by molar-refractivity contribution is 7.80. The van der Waals surface area contributed by atoms with Crippen LogP contribution in [-0.4, -0.2) is 44.3 Å². The van der Waals surface area contributed by atoms with Gasteiger partial charge in [-0.3, -0.25) is 9.78 Å². The van der Waals surface area contributed by atoms with E-state index in [4.69, 9.17) is 28.6 Å². The van der Waals surface area contributed by atoms with Crippen LogP contribution in [0, 0.1) is 13.8 Å². The lowest BCUT2D eigenvalue weighted by Gasteiger charge is -2.28. The molecule has 1 aromatic carbocycles. The van der Waals surface area contributed by atoms with Gasteiger partial charge in [-0.05, 0) is 68.0 Å². The van der Waals surface area contributed by atoms with E-state index in [2.05, 4.69) is 16.4 Å². The van der Waals surface area contributed by atoms with Crippen molar-refractivity contribution in [1.29, 1.82) is 0 Å². The highest BCUT2D eigenvalue weighted by atomic mass is 35.5. The van der Waals surface area contributed by atoms with Gasteiger partial charge in [0.1, 0.15) is 5.75 Å². The Balaban J connectivity index is 1.82. The zero-order valence-corrected chi connectivity index (χ0v) is 20.2. The molecule has 33 heavy (non-hydrogen) atoms. The number of carbonyl (C=O) groups excluding carboxylic acids is 1. The van der Waals surface area contributed by atoms with E-state index in [9.17, 15) is 9.90 Å². The Bertz CT molecular complexity index is 1200. The Morgan fingerprint density at radius 1 is 1.27 bits per heavy atom. The van der Waals surface area contributed by atoms with E-state index < -0.39 is 0 Å². The van der Waals surface area contributed by atoms with Crippen LogP contribution in [0.5, 0.6) is 5.75 Å². The molecular formula is C24H25ClN4O3S. The van der Waals surface area contributed by atoms with Crippen molar-refractivity contribution in [2.24, 2.45) is 0 Å². The van der Waals surface area contributed by atoms with Crippen molar-refractivity contribution in [1.82, 2.24) is 19.8 Å². The van der Waals surface area contributed by atoms with E-state index in [1.165, 1.54) is 7.11 Å². The summed E-state index contributed by atoms with van der Waals surface area (Å²) in [5.74, 6) is -0.163. The van der Waals surface area contributed by atoms with Crippen LogP contribution in [0.1, 0.15) is 41.1 Å². The summed E-state index contributed by atoms with van der Waals surface area (Å²) in [5.41, 5.74) is 4.34. The standard InChI is InChI=1S/C24H25ClN4O3S/c1-14-12-17(15(2)29(14)19-13-16(25)7-8-20(19)30)23-22(18-6-4-5-10-26-18)27-24(33)28(23)11-9-21(31)32-3/h4-8,10,12-13,22-23,30H,9,11H2,1-3H3,(H,27,33)/t22-,23-/m1/s1. The predicted molar refractivity (Wildman–Crippen MR) is 131 cm³/mol. The molecule has 0 amide bonds. The topological polar surface area (TPSA) is 79.6 Å². The third-order valence-corrected chi connectivity index (χ3v) is 6.54. The van der Waals surface area contributed by atoms with Gasteiger partial charge in [0.15, 0.2) is 5.11 Å². The molecule has 0 spiro atoms. The van der Waals surface area contributed by atoms with Gasteiger partial charge >= 0.3 is 5.97 Å². The predicted octanol–water partition coefficient (Wildman–Crippen LogP) is 4.38. The second-order valence-electron chi connectivity index (χ2n) is 7.94. The number of pyridine rings is 1. The lowest BCUT2D eigenvalue weighted by atomic mass is 9.96. The van der Waals surface area contributed by atoms with Crippen molar-refractivity contribution in [2.45, 2.75) is 32.4 Å². The van der Waals surface area contributed by atoms with Crippen LogP contribution in [0.2, 0.25) is 5.02 Å². The van der Waals surface area contributed by atoms with Crippen LogP contribution in [0.4, 0.5) is 0 Å². The van der Waals surface area contributed by atoms with E-state index in [1.54, 1.807) is 24.4 Å². The number of aromatic nitrogens is 2. The minimum atomic E-state index is -0.299. The van der Waals surface area contributed by atoms with Gasteiger partial charge in [-0.1, -0.05) is 17.7 Å². The SMILES string of the molecule is COC(=O)CCN1C(=S)N[C@H](c2ccccn2)[C@H]1c1cc(C)n(-c2cc(Cl)ccc2O)c1C. The average molecular weight is 485 g/mol. The number of phenolic OH excluding ortho intramolecular Hbond substituents is 1.